The molecule has 0 aliphatic heterocycles. The first-order valence-corrected chi connectivity index (χ1v) is 6.95. The normalized spacial score (nSPS) is 12.3. The average molecular weight is 334 g/mol. The minimum atomic E-state index is -1.19. The SMILES string of the molecule is O=[N+]([O-])c1c(NC[C@H](O)c2ccc(F)c(F)c2)nc2ccccn12. The average Bonchev–Trinajstić information content (AvgIpc) is 2.93. The Morgan fingerprint density at radius 3 is 2.79 bits per heavy atom. The van der Waals surface area contributed by atoms with E-state index in [1.807, 2.05) is 0 Å². The van der Waals surface area contributed by atoms with Crippen LogP contribution in [0.1, 0.15) is 11.7 Å². The number of benzene rings is 1. The third-order valence-corrected chi connectivity index (χ3v) is 3.47. The topological polar surface area (TPSA) is 92.7 Å². The standard InChI is InChI=1S/C15H12F2N4O3/c16-10-5-4-9(7-11(10)17)12(22)8-18-14-15(21(23)24)20-6-2-1-3-13(20)19-14/h1-7,12,18,22H,8H2/t12-/m0/s1. The van der Waals surface area contributed by atoms with Gasteiger partial charge >= 0.3 is 5.82 Å². The fraction of sp³-hybridized carbons (Fsp3) is 0.133. The molecule has 1 atom stereocenters. The number of halogens is 2. The first-order chi connectivity index (χ1) is 11.5. The minimum absolute atomic E-state index is 0.0205. The molecular weight excluding hydrogens is 322 g/mol. The molecule has 0 fully saturated rings. The predicted octanol–water partition coefficient (Wildman–Crippen LogP) is 2.67. The van der Waals surface area contributed by atoms with E-state index >= 15 is 0 Å². The number of anilines is 1. The van der Waals surface area contributed by atoms with E-state index in [0.717, 1.165) is 12.1 Å². The van der Waals surface area contributed by atoms with Crippen LogP contribution in [0.15, 0.2) is 42.6 Å². The molecule has 9 heteroatoms. The number of aliphatic hydroxyl groups is 1. The van der Waals surface area contributed by atoms with Crippen molar-refractivity contribution < 1.29 is 18.8 Å². The van der Waals surface area contributed by atoms with Gasteiger partial charge in [-0.3, -0.25) is 0 Å². The number of hydrogen-bond donors (Lipinski definition) is 2. The zero-order valence-corrected chi connectivity index (χ0v) is 12.2. The Bertz CT molecular complexity index is 913. The van der Waals surface area contributed by atoms with Gasteiger partial charge in [0.15, 0.2) is 11.6 Å². The van der Waals surface area contributed by atoms with Crippen molar-refractivity contribution in [1.82, 2.24) is 9.38 Å². The lowest BCUT2D eigenvalue weighted by Crippen LogP contribution is -2.13. The number of pyridine rings is 1. The molecule has 0 saturated heterocycles. The van der Waals surface area contributed by atoms with Gasteiger partial charge < -0.3 is 20.5 Å². The van der Waals surface area contributed by atoms with Crippen LogP contribution < -0.4 is 5.32 Å². The highest BCUT2D eigenvalue weighted by Crippen LogP contribution is 2.26. The molecule has 2 N–H and O–H groups in total. The fourth-order valence-electron chi connectivity index (χ4n) is 2.31. The first kappa shape index (κ1) is 15.8. The summed E-state index contributed by atoms with van der Waals surface area (Å²) in [5.74, 6) is -2.39. The van der Waals surface area contributed by atoms with Crippen molar-refractivity contribution in [3.05, 3.63) is 69.9 Å². The van der Waals surface area contributed by atoms with E-state index in [1.54, 1.807) is 18.2 Å². The van der Waals surface area contributed by atoms with Crippen LogP contribution in [0.4, 0.5) is 20.4 Å². The van der Waals surface area contributed by atoms with E-state index in [1.165, 1.54) is 16.7 Å². The Kier molecular flexibility index (Phi) is 4.09. The highest BCUT2D eigenvalue weighted by molar-refractivity contribution is 5.62. The summed E-state index contributed by atoms with van der Waals surface area (Å²) in [6, 6.07) is 7.93. The molecule has 0 radical (unpaired) electrons. The van der Waals surface area contributed by atoms with Gasteiger partial charge in [0.05, 0.1) is 12.3 Å². The van der Waals surface area contributed by atoms with Gasteiger partial charge in [-0.25, -0.2) is 8.78 Å². The Morgan fingerprint density at radius 2 is 2.08 bits per heavy atom. The maximum atomic E-state index is 13.2. The van der Waals surface area contributed by atoms with Crippen LogP contribution in [0.3, 0.4) is 0 Å². The molecule has 0 spiro atoms. The van der Waals surface area contributed by atoms with Crippen molar-refractivity contribution in [2.75, 3.05) is 11.9 Å². The lowest BCUT2D eigenvalue weighted by atomic mass is 10.1. The smallest absolute Gasteiger partial charge is 0.372 e. The molecular formula is C15H12F2N4O3. The lowest BCUT2D eigenvalue weighted by Gasteiger charge is -2.12. The summed E-state index contributed by atoms with van der Waals surface area (Å²) in [5.41, 5.74) is 0.516. The monoisotopic (exact) mass is 334 g/mol. The quantitative estimate of drug-likeness (QED) is 0.553. The number of nitro groups is 1. The summed E-state index contributed by atoms with van der Waals surface area (Å²) in [4.78, 5) is 14.7. The summed E-state index contributed by atoms with van der Waals surface area (Å²) in [7, 11) is 0. The molecule has 124 valence electrons. The molecule has 0 saturated carbocycles. The van der Waals surface area contributed by atoms with Gasteiger partial charge in [-0.05, 0) is 28.7 Å². The fourth-order valence-corrected chi connectivity index (χ4v) is 2.31. The molecule has 0 aliphatic carbocycles. The van der Waals surface area contributed by atoms with Gasteiger partial charge in [-0.15, -0.1) is 0 Å². The summed E-state index contributed by atoms with van der Waals surface area (Å²) in [5, 5.41) is 24.0. The Balaban J connectivity index is 1.83. The maximum Gasteiger partial charge on any atom is 0.372 e. The Hall–Kier alpha value is -3.07. The minimum Gasteiger partial charge on any atom is -0.387 e. The lowest BCUT2D eigenvalue weighted by molar-refractivity contribution is -0.389. The molecule has 24 heavy (non-hydrogen) atoms. The second kappa shape index (κ2) is 6.20. The van der Waals surface area contributed by atoms with Gasteiger partial charge in [0.2, 0.25) is 11.5 Å². The van der Waals surface area contributed by atoms with Crippen LogP contribution in [-0.4, -0.2) is 26.0 Å². The second-order valence-corrected chi connectivity index (χ2v) is 5.04. The van der Waals surface area contributed by atoms with E-state index in [9.17, 15) is 24.0 Å². The van der Waals surface area contributed by atoms with Crippen LogP contribution >= 0.6 is 0 Å². The van der Waals surface area contributed by atoms with E-state index in [2.05, 4.69) is 10.3 Å². The molecule has 3 aromatic rings. The van der Waals surface area contributed by atoms with Crippen molar-refractivity contribution in [2.45, 2.75) is 6.10 Å². The first-order valence-electron chi connectivity index (χ1n) is 6.95. The van der Waals surface area contributed by atoms with Gasteiger partial charge in [0.1, 0.15) is 0 Å². The molecule has 3 rings (SSSR count). The second-order valence-electron chi connectivity index (χ2n) is 5.04. The number of nitrogens with one attached hydrogen (secondary N) is 1. The van der Waals surface area contributed by atoms with Crippen molar-refractivity contribution in [3.8, 4) is 0 Å². The van der Waals surface area contributed by atoms with Crippen molar-refractivity contribution in [2.24, 2.45) is 0 Å². The molecule has 0 unspecified atom stereocenters. The highest BCUT2D eigenvalue weighted by atomic mass is 19.2. The molecule has 0 aliphatic rings. The zero-order valence-electron chi connectivity index (χ0n) is 12.2. The number of hydrogen-bond acceptors (Lipinski definition) is 5. The third-order valence-electron chi connectivity index (χ3n) is 3.47. The number of nitrogens with zero attached hydrogens (tertiary/aromatic N) is 3. The third kappa shape index (κ3) is 2.88. The van der Waals surface area contributed by atoms with Gasteiger partial charge in [-0.1, -0.05) is 12.1 Å². The molecule has 0 bridgehead atoms. The predicted molar refractivity (Wildman–Crippen MR) is 81.7 cm³/mol. The van der Waals surface area contributed by atoms with E-state index < -0.39 is 22.7 Å². The van der Waals surface area contributed by atoms with Crippen LogP contribution in [-0.2, 0) is 0 Å². The molecule has 2 aromatic heterocycles. The number of rotatable bonds is 5. The van der Waals surface area contributed by atoms with E-state index in [4.69, 9.17) is 0 Å². The van der Waals surface area contributed by atoms with E-state index in [-0.39, 0.29) is 23.7 Å². The Labute approximate surface area is 134 Å². The van der Waals surface area contributed by atoms with Gasteiger partial charge in [0.25, 0.3) is 0 Å². The number of aliphatic hydroxyl groups excluding tert-OH is 1. The summed E-state index contributed by atoms with van der Waals surface area (Å²) in [6.45, 7) is -0.157. The number of aromatic nitrogens is 2. The van der Waals surface area contributed by atoms with E-state index in [0.29, 0.717) is 5.65 Å². The summed E-state index contributed by atoms with van der Waals surface area (Å²) in [6.07, 6.45) is 0.307. The Morgan fingerprint density at radius 1 is 1.29 bits per heavy atom. The molecule has 0 amide bonds. The van der Waals surface area contributed by atoms with Gasteiger partial charge in [-0.2, -0.15) is 9.38 Å². The summed E-state index contributed by atoms with van der Waals surface area (Å²) >= 11 is 0. The maximum absolute atomic E-state index is 13.2. The number of imidazole rings is 1. The molecule has 2 heterocycles. The molecule has 7 nitrogen and oxygen atoms in total. The van der Waals surface area contributed by atoms with Crippen LogP contribution in [0.5, 0.6) is 0 Å². The van der Waals surface area contributed by atoms with Crippen molar-refractivity contribution >= 4 is 17.3 Å². The number of fused-ring (bicyclic) bond motifs is 1. The van der Waals surface area contributed by atoms with Crippen molar-refractivity contribution in [1.29, 1.82) is 0 Å². The van der Waals surface area contributed by atoms with Crippen molar-refractivity contribution in [3.63, 3.8) is 0 Å². The van der Waals surface area contributed by atoms with Crippen LogP contribution in [0, 0.1) is 21.7 Å². The summed E-state index contributed by atoms with van der Waals surface area (Å²) < 4.78 is 27.4. The zero-order chi connectivity index (χ0) is 17.3. The van der Waals surface area contributed by atoms with Crippen LogP contribution in [0.2, 0.25) is 0 Å². The van der Waals surface area contributed by atoms with Gasteiger partial charge in [0, 0.05) is 12.6 Å². The highest BCUT2D eigenvalue weighted by Gasteiger charge is 2.23. The largest absolute Gasteiger partial charge is 0.387 e. The molecule has 1 aromatic carbocycles. The van der Waals surface area contributed by atoms with Crippen LogP contribution in [0.25, 0.3) is 5.65 Å².